The third-order valence-corrected chi connectivity index (χ3v) is 3.70. The normalized spacial score (nSPS) is 12.0. The fourth-order valence-corrected chi connectivity index (χ4v) is 2.47. The van der Waals surface area contributed by atoms with Gasteiger partial charge >= 0.3 is 6.03 Å². The van der Waals surface area contributed by atoms with Gasteiger partial charge in [-0.05, 0) is 36.2 Å². The summed E-state index contributed by atoms with van der Waals surface area (Å²) in [6, 6.07) is 16.8. The van der Waals surface area contributed by atoms with Gasteiger partial charge in [0.25, 0.3) is 0 Å². The second-order valence-electron chi connectivity index (χ2n) is 5.38. The number of aromatic amines is 1. The highest BCUT2D eigenvalue weighted by Crippen LogP contribution is 2.18. The lowest BCUT2D eigenvalue weighted by Gasteiger charge is -2.12. The molecule has 0 saturated carbocycles. The second kappa shape index (κ2) is 6.98. The molecule has 0 fully saturated rings. The van der Waals surface area contributed by atoms with Gasteiger partial charge in [-0.25, -0.2) is 4.79 Å². The van der Waals surface area contributed by atoms with Crippen molar-refractivity contribution in [2.45, 2.75) is 12.5 Å². The van der Waals surface area contributed by atoms with Crippen molar-refractivity contribution >= 4 is 22.6 Å². The average molecular weight is 309 g/mol. The molecule has 2 aromatic carbocycles. The SMILES string of the molecule is O=C(NCCC(O)c1ccccc1)Nc1ccc2[nH]ccc2c1. The maximum atomic E-state index is 11.9. The Kier molecular flexibility index (Phi) is 4.59. The molecule has 1 heterocycles. The van der Waals surface area contributed by atoms with Crippen molar-refractivity contribution in [3.63, 3.8) is 0 Å². The lowest BCUT2D eigenvalue weighted by molar-refractivity contribution is 0.167. The number of fused-ring (bicyclic) bond motifs is 1. The standard InChI is InChI=1S/C18H19N3O2/c22-17(13-4-2-1-3-5-13)9-11-20-18(23)21-15-6-7-16-14(12-15)8-10-19-16/h1-8,10,12,17,19,22H,9,11H2,(H2,20,21,23). The van der Waals surface area contributed by atoms with E-state index in [1.807, 2.05) is 60.8 Å². The zero-order valence-corrected chi connectivity index (χ0v) is 12.6. The zero-order valence-electron chi connectivity index (χ0n) is 12.6. The largest absolute Gasteiger partial charge is 0.388 e. The van der Waals surface area contributed by atoms with Gasteiger partial charge in [-0.3, -0.25) is 0 Å². The van der Waals surface area contributed by atoms with Crippen LogP contribution in [-0.2, 0) is 0 Å². The van der Waals surface area contributed by atoms with E-state index in [0.717, 1.165) is 22.2 Å². The fraction of sp³-hybridized carbons (Fsp3) is 0.167. The number of H-pyrrole nitrogens is 1. The van der Waals surface area contributed by atoms with Crippen LogP contribution in [0.25, 0.3) is 10.9 Å². The van der Waals surface area contributed by atoms with E-state index < -0.39 is 6.10 Å². The molecule has 0 saturated heterocycles. The Morgan fingerprint density at radius 2 is 1.96 bits per heavy atom. The van der Waals surface area contributed by atoms with Gasteiger partial charge in [0.15, 0.2) is 0 Å². The second-order valence-corrected chi connectivity index (χ2v) is 5.38. The number of urea groups is 1. The number of anilines is 1. The molecule has 3 rings (SSSR count). The van der Waals surface area contributed by atoms with Crippen LogP contribution >= 0.6 is 0 Å². The number of carbonyl (C=O) groups excluding carboxylic acids is 1. The number of aliphatic hydroxyl groups is 1. The molecule has 1 atom stereocenters. The van der Waals surface area contributed by atoms with Gasteiger partial charge in [0.05, 0.1) is 6.10 Å². The van der Waals surface area contributed by atoms with E-state index >= 15 is 0 Å². The van der Waals surface area contributed by atoms with Crippen LogP contribution < -0.4 is 10.6 Å². The molecule has 5 heteroatoms. The summed E-state index contributed by atoms with van der Waals surface area (Å²) in [6.07, 6.45) is 1.75. The third kappa shape index (κ3) is 3.90. The molecule has 4 N–H and O–H groups in total. The lowest BCUT2D eigenvalue weighted by Crippen LogP contribution is -2.30. The maximum absolute atomic E-state index is 11.9. The molecule has 0 radical (unpaired) electrons. The minimum Gasteiger partial charge on any atom is -0.388 e. The van der Waals surface area contributed by atoms with E-state index in [4.69, 9.17) is 0 Å². The minimum atomic E-state index is -0.576. The number of aromatic nitrogens is 1. The third-order valence-electron chi connectivity index (χ3n) is 3.70. The lowest BCUT2D eigenvalue weighted by atomic mass is 10.1. The summed E-state index contributed by atoms with van der Waals surface area (Å²) < 4.78 is 0. The predicted octanol–water partition coefficient (Wildman–Crippen LogP) is 3.41. The number of rotatable bonds is 5. The van der Waals surface area contributed by atoms with Crippen LogP contribution in [0, 0.1) is 0 Å². The van der Waals surface area contributed by atoms with Crippen molar-refractivity contribution in [3.05, 3.63) is 66.4 Å². The Morgan fingerprint density at radius 3 is 2.78 bits per heavy atom. The number of nitrogens with one attached hydrogen (secondary N) is 3. The summed E-state index contributed by atoms with van der Waals surface area (Å²) in [5, 5.41) is 16.6. The van der Waals surface area contributed by atoms with Gasteiger partial charge in [-0.2, -0.15) is 0 Å². The Bertz CT molecular complexity index is 783. The number of amides is 2. The van der Waals surface area contributed by atoms with E-state index in [2.05, 4.69) is 15.6 Å². The number of aliphatic hydroxyl groups excluding tert-OH is 1. The first-order valence-electron chi connectivity index (χ1n) is 7.57. The summed E-state index contributed by atoms with van der Waals surface area (Å²) in [6.45, 7) is 0.397. The predicted molar refractivity (Wildman–Crippen MR) is 91.3 cm³/mol. The molecule has 1 aromatic heterocycles. The van der Waals surface area contributed by atoms with Gasteiger partial charge in [-0.15, -0.1) is 0 Å². The van der Waals surface area contributed by atoms with Gasteiger partial charge < -0.3 is 20.7 Å². The van der Waals surface area contributed by atoms with E-state index in [1.54, 1.807) is 0 Å². The zero-order chi connectivity index (χ0) is 16.1. The molecular weight excluding hydrogens is 290 g/mol. The Hall–Kier alpha value is -2.79. The molecule has 0 aliphatic rings. The van der Waals surface area contributed by atoms with Crippen molar-refractivity contribution < 1.29 is 9.90 Å². The molecule has 3 aromatic rings. The Morgan fingerprint density at radius 1 is 1.13 bits per heavy atom. The van der Waals surface area contributed by atoms with Gasteiger partial charge in [0, 0.05) is 29.3 Å². The van der Waals surface area contributed by atoms with Crippen LogP contribution in [0.1, 0.15) is 18.1 Å². The quantitative estimate of drug-likeness (QED) is 0.583. The number of carbonyl (C=O) groups is 1. The first-order chi connectivity index (χ1) is 11.2. The van der Waals surface area contributed by atoms with E-state index in [-0.39, 0.29) is 6.03 Å². The summed E-state index contributed by atoms with van der Waals surface area (Å²) in [5.41, 5.74) is 2.62. The summed E-state index contributed by atoms with van der Waals surface area (Å²) in [4.78, 5) is 15.0. The molecule has 0 aliphatic heterocycles. The molecule has 0 bridgehead atoms. The molecule has 0 aliphatic carbocycles. The van der Waals surface area contributed by atoms with Crippen molar-refractivity contribution in [1.82, 2.24) is 10.3 Å². The average Bonchev–Trinajstić information content (AvgIpc) is 3.03. The maximum Gasteiger partial charge on any atom is 0.319 e. The van der Waals surface area contributed by atoms with Crippen LogP contribution in [0.4, 0.5) is 10.5 Å². The van der Waals surface area contributed by atoms with Crippen LogP contribution in [0.5, 0.6) is 0 Å². The van der Waals surface area contributed by atoms with E-state index in [1.165, 1.54) is 0 Å². The van der Waals surface area contributed by atoms with E-state index in [9.17, 15) is 9.90 Å². The number of hydrogen-bond donors (Lipinski definition) is 4. The van der Waals surface area contributed by atoms with Crippen molar-refractivity contribution in [3.8, 4) is 0 Å². The molecule has 2 amide bonds. The van der Waals surface area contributed by atoms with Gasteiger partial charge in [-0.1, -0.05) is 30.3 Å². The summed E-state index contributed by atoms with van der Waals surface area (Å²) in [7, 11) is 0. The molecule has 0 spiro atoms. The smallest absolute Gasteiger partial charge is 0.319 e. The molecule has 23 heavy (non-hydrogen) atoms. The minimum absolute atomic E-state index is 0.278. The monoisotopic (exact) mass is 309 g/mol. The number of benzene rings is 2. The Balaban J connectivity index is 1.47. The van der Waals surface area contributed by atoms with Crippen molar-refractivity contribution in [2.24, 2.45) is 0 Å². The van der Waals surface area contributed by atoms with E-state index in [0.29, 0.717) is 13.0 Å². The topological polar surface area (TPSA) is 77.2 Å². The van der Waals surface area contributed by atoms with Crippen molar-refractivity contribution in [2.75, 3.05) is 11.9 Å². The molecule has 118 valence electrons. The molecule has 1 unspecified atom stereocenters. The first-order valence-corrected chi connectivity index (χ1v) is 7.57. The van der Waals surface area contributed by atoms with Gasteiger partial charge in [0.1, 0.15) is 0 Å². The molecular formula is C18H19N3O2. The van der Waals surface area contributed by atoms with Crippen LogP contribution in [0.15, 0.2) is 60.8 Å². The van der Waals surface area contributed by atoms with Crippen LogP contribution in [0.3, 0.4) is 0 Å². The van der Waals surface area contributed by atoms with Crippen molar-refractivity contribution in [1.29, 1.82) is 0 Å². The first kappa shape index (κ1) is 15.1. The summed E-state index contributed by atoms with van der Waals surface area (Å²) in [5.74, 6) is 0. The number of hydrogen-bond acceptors (Lipinski definition) is 2. The highest BCUT2D eigenvalue weighted by molar-refractivity contribution is 5.92. The fourth-order valence-electron chi connectivity index (χ4n) is 2.47. The molecule has 5 nitrogen and oxygen atoms in total. The van der Waals surface area contributed by atoms with Gasteiger partial charge in [0.2, 0.25) is 0 Å². The Labute approximate surface area is 134 Å². The highest BCUT2D eigenvalue weighted by atomic mass is 16.3. The van der Waals surface area contributed by atoms with Crippen LogP contribution in [0.2, 0.25) is 0 Å². The summed E-state index contributed by atoms with van der Waals surface area (Å²) >= 11 is 0. The highest BCUT2D eigenvalue weighted by Gasteiger charge is 2.08. The van der Waals surface area contributed by atoms with Crippen LogP contribution in [-0.4, -0.2) is 22.7 Å².